The second kappa shape index (κ2) is 35.4. The molecule has 3 heterocycles. The van der Waals surface area contributed by atoms with Crippen molar-refractivity contribution in [3.05, 3.63) is 157 Å². The average molecular weight is 1230 g/mol. The smallest absolute Gasteiger partial charge is 0.407 e. The maximum absolute atomic E-state index is 14.0. The number of aliphatic hydroxyl groups is 9. The zero-order chi connectivity index (χ0) is 63.9. The minimum atomic E-state index is -1.82. The van der Waals surface area contributed by atoms with Gasteiger partial charge in [0, 0.05) is 50.0 Å². The summed E-state index contributed by atoms with van der Waals surface area (Å²) >= 11 is 0. The highest BCUT2D eigenvalue weighted by Gasteiger charge is 2.53. The summed E-state index contributed by atoms with van der Waals surface area (Å²) in [7, 11) is 0. The Morgan fingerprint density at radius 1 is 0.670 bits per heavy atom. The Hall–Kier alpha value is -5.95. The number of aliphatic hydroxyl groups excluding tert-OH is 9. The highest BCUT2D eigenvalue weighted by atomic mass is 16.7. The van der Waals surface area contributed by atoms with Gasteiger partial charge >= 0.3 is 18.0 Å². The lowest BCUT2D eigenvalue weighted by molar-refractivity contribution is -0.325. The Bertz CT molecular complexity index is 2700. The molecule has 2 bridgehead atoms. The minimum Gasteiger partial charge on any atom is -0.462 e. The van der Waals surface area contributed by atoms with Gasteiger partial charge in [-0.05, 0) is 61.8 Å². The van der Waals surface area contributed by atoms with E-state index in [1.54, 1.807) is 69.4 Å². The monoisotopic (exact) mass is 1230 g/mol. The standard InChI is InChI=1S/C68H93NO19/c1-7-33-82-65(80)60-57(75)40-68(84-34-8-2)39-48(72)36-56(74)55(73)32-31-46(70)35-47(71)37-59(76)85-44(5)43(4)62(77)42(3)25-19-17-15-13-11-9-10-12-14-16-18-20-26-49(38-58(60)88-68)87-66-64(79)61(63(78)45(6)86-66)69-67(81)83-41-54-52-29-23-21-27-50(52)51-28-22-24-30-53(51)54/h7,9-30,42-49,54-58,60-64,66,70-75,77-79H,1,8,31-41H2,2-6H3,(H,69,81)/b10-9+,13-11+,14-12+,17-15+,18-16+,25-19+,26-20+/t42-,43-,44-,45+,46+,47+,48-,49-,55+,56+,57-,58-,60+,61-,62+,63+,64-,66-,68+/m0/s1. The number of fused-ring (bicyclic) bond motifs is 5. The zero-order valence-electron chi connectivity index (χ0n) is 51.0. The van der Waals surface area contributed by atoms with Crippen molar-refractivity contribution in [1.82, 2.24) is 5.32 Å². The van der Waals surface area contributed by atoms with Crippen LogP contribution in [0.25, 0.3) is 11.1 Å². The average Bonchev–Trinajstić information content (AvgIpc) is 1.73. The fourth-order valence-electron chi connectivity index (χ4n) is 11.5. The van der Waals surface area contributed by atoms with Crippen molar-refractivity contribution in [2.75, 3.05) is 19.8 Å². The molecule has 20 nitrogen and oxygen atoms in total. The van der Waals surface area contributed by atoms with E-state index in [-0.39, 0.29) is 70.2 Å². The van der Waals surface area contributed by atoms with Crippen molar-refractivity contribution in [2.45, 2.75) is 196 Å². The van der Waals surface area contributed by atoms with Gasteiger partial charge < -0.3 is 84.4 Å². The van der Waals surface area contributed by atoms with E-state index < -0.39 is 140 Å². The topological polar surface area (TPSA) is 310 Å². The molecule has 1 amide bonds. The minimum absolute atomic E-state index is 0.0396. The molecular formula is C68H93NO19. The molecule has 2 aromatic rings. The lowest BCUT2D eigenvalue weighted by Crippen LogP contribution is -2.64. The summed E-state index contributed by atoms with van der Waals surface area (Å²) < 4.78 is 42.5. The van der Waals surface area contributed by atoms with E-state index in [4.69, 9.17) is 33.2 Å². The Morgan fingerprint density at radius 2 is 1.27 bits per heavy atom. The SMILES string of the molecule is C=CCOC(=O)[C@H]1[C@@H]2C[C@@H](O[C@@H]3O[C@H](C)[C@@H](O)[C@H](NC(=O)OCC4c5ccccc5-c5ccccc54)[C@@H]3O)/C=C/C=C/C=C/C=C/C=C/C=C/C=C/[C@H](C)[C@@H](O)[C@@H](C)[C@H](C)OC(=O)C[C@H](O)C[C@H](O)CC[C@@H](O)[C@H](O)C[C@H](O)C[C@](OCCC)(C[C@@H]1O)O2. The van der Waals surface area contributed by atoms with Crippen LogP contribution >= 0.6 is 0 Å². The van der Waals surface area contributed by atoms with E-state index >= 15 is 0 Å². The van der Waals surface area contributed by atoms with Gasteiger partial charge in [0.25, 0.3) is 0 Å². The first-order valence-electron chi connectivity index (χ1n) is 30.7. The Morgan fingerprint density at radius 3 is 1.89 bits per heavy atom. The fraction of sp³-hybridized carbons (Fsp3) is 0.544. The molecular weight excluding hydrogens is 1130 g/mol. The third-order valence-corrected chi connectivity index (χ3v) is 16.5. The number of benzene rings is 2. The number of amides is 1. The number of carbonyl (C=O) groups excluding carboxylic acids is 3. The normalized spacial score (nSPS) is 37.0. The first-order valence-corrected chi connectivity index (χ1v) is 30.7. The van der Waals surface area contributed by atoms with Crippen LogP contribution in [0.1, 0.15) is 109 Å². The summed E-state index contributed by atoms with van der Waals surface area (Å²) in [4.78, 5) is 40.5. The molecule has 0 spiro atoms. The number of allylic oxidation sites excluding steroid dienone is 12. The number of carbonyl (C=O) groups is 3. The number of esters is 2. The second-order valence-electron chi connectivity index (χ2n) is 23.4. The van der Waals surface area contributed by atoms with E-state index in [1.165, 1.54) is 6.08 Å². The van der Waals surface area contributed by atoms with Crippen LogP contribution in [0, 0.1) is 17.8 Å². The van der Waals surface area contributed by atoms with Gasteiger partial charge in [0.2, 0.25) is 0 Å². The van der Waals surface area contributed by atoms with E-state index in [0.29, 0.717) is 6.42 Å². The molecule has 2 saturated heterocycles. The number of alkyl carbamates (subject to hydrolysis) is 1. The van der Waals surface area contributed by atoms with Crippen molar-refractivity contribution in [3.8, 4) is 11.1 Å². The molecule has 2 aromatic carbocycles. The van der Waals surface area contributed by atoms with Gasteiger partial charge in [0.15, 0.2) is 12.1 Å². The highest BCUT2D eigenvalue weighted by Crippen LogP contribution is 2.45. The largest absolute Gasteiger partial charge is 0.462 e. The van der Waals surface area contributed by atoms with E-state index in [1.807, 2.05) is 98.8 Å². The predicted octanol–water partition coefficient (Wildman–Crippen LogP) is 6.37. The Kier molecular flexibility index (Phi) is 28.6. The van der Waals surface area contributed by atoms with Crippen LogP contribution < -0.4 is 5.32 Å². The molecule has 0 unspecified atom stereocenters. The molecule has 4 aliphatic rings. The van der Waals surface area contributed by atoms with Gasteiger partial charge in [0.05, 0.1) is 73.5 Å². The molecule has 19 atom stereocenters. The number of hydrogen-bond donors (Lipinski definition) is 10. The summed E-state index contributed by atoms with van der Waals surface area (Å²) in [6.07, 6.45) is 5.08. The fourth-order valence-corrected chi connectivity index (χ4v) is 11.5. The number of cyclic esters (lactones) is 1. The molecule has 88 heavy (non-hydrogen) atoms. The number of nitrogens with one attached hydrogen (secondary N) is 1. The van der Waals surface area contributed by atoms with Crippen LogP contribution in [0.15, 0.2) is 146 Å². The van der Waals surface area contributed by atoms with E-state index in [2.05, 4.69) is 11.9 Å². The van der Waals surface area contributed by atoms with E-state index in [9.17, 15) is 60.3 Å². The summed E-state index contributed by atoms with van der Waals surface area (Å²) in [6, 6.07) is 14.3. The van der Waals surface area contributed by atoms with Crippen molar-refractivity contribution in [2.24, 2.45) is 17.8 Å². The van der Waals surface area contributed by atoms with Crippen molar-refractivity contribution < 1.29 is 93.5 Å². The van der Waals surface area contributed by atoms with Crippen LogP contribution in [-0.2, 0) is 42.7 Å². The molecule has 20 heteroatoms. The van der Waals surface area contributed by atoms with Crippen LogP contribution in [0.2, 0.25) is 0 Å². The lowest BCUT2D eigenvalue weighted by Gasteiger charge is -2.48. The summed E-state index contributed by atoms with van der Waals surface area (Å²) in [5.41, 5.74) is 4.04. The molecule has 6 rings (SSSR count). The summed E-state index contributed by atoms with van der Waals surface area (Å²) in [5.74, 6) is -5.81. The quantitative estimate of drug-likeness (QED) is 0.0664. The molecule has 1 aliphatic carbocycles. The van der Waals surface area contributed by atoms with Gasteiger partial charge in [-0.25, -0.2) is 4.79 Å². The van der Waals surface area contributed by atoms with Gasteiger partial charge in [-0.15, -0.1) is 0 Å². The second-order valence-corrected chi connectivity index (χ2v) is 23.4. The van der Waals surface area contributed by atoms with Gasteiger partial charge in [0.1, 0.15) is 37.4 Å². The van der Waals surface area contributed by atoms with Crippen molar-refractivity contribution in [1.29, 1.82) is 0 Å². The molecule has 0 radical (unpaired) electrons. The molecule has 10 N–H and O–H groups in total. The Balaban J connectivity index is 1.26. The Labute approximate surface area is 516 Å². The molecule has 3 aliphatic heterocycles. The third kappa shape index (κ3) is 20.8. The van der Waals surface area contributed by atoms with Gasteiger partial charge in [-0.1, -0.05) is 167 Å². The summed E-state index contributed by atoms with van der Waals surface area (Å²) in [6.45, 7) is 12.1. The zero-order valence-corrected chi connectivity index (χ0v) is 51.0. The first kappa shape index (κ1) is 71.1. The molecule has 484 valence electrons. The van der Waals surface area contributed by atoms with Crippen LogP contribution in [0.5, 0.6) is 0 Å². The molecule has 0 saturated carbocycles. The molecule has 2 fully saturated rings. The number of ether oxygens (including phenoxy) is 7. The van der Waals surface area contributed by atoms with Crippen LogP contribution in [0.4, 0.5) is 4.79 Å². The van der Waals surface area contributed by atoms with Gasteiger partial charge in [-0.3, -0.25) is 9.59 Å². The third-order valence-electron chi connectivity index (χ3n) is 16.5. The van der Waals surface area contributed by atoms with Gasteiger partial charge in [-0.2, -0.15) is 0 Å². The van der Waals surface area contributed by atoms with E-state index in [0.717, 1.165) is 22.3 Å². The highest BCUT2D eigenvalue weighted by molar-refractivity contribution is 5.79. The van der Waals surface area contributed by atoms with Crippen LogP contribution in [0.3, 0.4) is 0 Å². The molecule has 0 aromatic heterocycles. The first-order chi connectivity index (χ1) is 42.1. The lowest BCUT2D eigenvalue weighted by atomic mass is 9.82. The summed E-state index contributed by atoms with van der Waals surface area (Å²) in [5, 5.41) is 105. The predicted molar refractivity (Wildman–Crippen MR) is 329 cm³/mol. The maximum Gasteiger partial charge on any atom is 0.407 e. The van der Waals surface area contributed by atoms with Crippen molar-refractivity contribution in [3.63, 3.8) is 0 Å². The maximum atomic E-state index is 14.0. The van der Waals surface area contributed by atoms with Crippen molar-refractivity contribution >= 4 is 18.0 Å². The van der Waals surface area contributed by atoms with Crippen LogP contribution in [-0.4, -0.2) is 181 Å². The number of rotatable bonds is 11. The number of hydrogen-bond acceptors (Lipinski definition) is 19.